The van der Waals surface area contributed by atoms with Gasteiger partial charge in [0, 0.05) is 25.7 Å². The van der Waals surface area contributed by atoms with E-state index < -0.39 is 0 Å². The Hall–Kier alpha value is -0.120. The summed E-state index contributed by atoms with van der Waals surface area (Å²) in [5.41, 5.74) is 5.61. The summed E-state index contributed by atoms with van der Waals surface area (Å²) in [6, 6.07) is 0.769. The van der Waals surface area contributed by atoms with Crippen LogP contribution < -0.4 is 5.73 Å². The second kappa shape index (κ2) is 4.40. The van der Waals surface area contributed by atoms with Crippen LogP contribution in [0.2, 0.25) is 0 Å². The Morgan fingerprint density at radius 2 is 2.31 bits per heavy atom. The highest BCUT2D eigenvalue weighted by Crippen LogP contribution is 2.31. The molecule has 0 aromatic heterocycles. The molecule has 0 aromatic carbocycles. The third-order valence-corrected chi connectivity index (χ3v) is 3.36. The third kappa shape index (κ3) is 2.03. The Morgan fingerprint density at radius 1 is 1.38 bits per heavy atom. The summed E-state index contributed by atoms with van der Waals surface area (Å²) in [4.78, 5) is 2.53. The first-order chi connectivity index (χ1) is 6.42. The van der Waals surface area contributed by atoms with Gasteiger partial charge in [-0.1, -0.05) is 6.42 Å². The van der Waals surface area contributed by atoms with E-state index in [0.29, 0.717) is 0 Å². The number of hydrogen-bond acceptors (Lipinski definition) is 3. The number of fused-ring (bicyclic) bond motifs is 1. The summed E-state index contributed by atoms with van der Waals surface area (Å²) in [6.07, 6.45) is 4.08. The Bertz CT molecular complexity index is 163. The fraction of sp³-hybridized carbons (Fsp3) is 1.00. The van der Waals surface area contributed by atoms with Gasteiger partial charge in [-0.2, -0.15) is 0 Å². The molecule has 0 unspecified atom stereocenters. The quantitative estimate of drug-likeness (QED) is 0.677. The van der Waals surface area contributed by atoms with E-state index in [0.717, 1.165) is 44.8 Å². The molecule has 0 bridgehead atoms. The molecular formula is C10H20N2O. The predicted molar refractivity (Wildman–Crippen MR) is 52.6 cm³/mol. The molecule has 3 heteroatoms. The number of nitrogens with two attached hydrogens (primary N) is 1. The van der Waals surface area contributed by atoms with Gasteiger partial charge in [0.25, 0.3) is 0 Å². The molecule has 2 aliphatic rings. The fourth-order valence-electron chi connectivity index (χ4n) is 2.72. The van der Waals surface area contributed by atoms with Crippen molar-refractivity contribution in [1.29, 1.82) is 0 Å². The van der Waals surface area contributed by atoms with Gasteiger partial charge in [-0.25, -0.2) is 0 Å². The molecule has 0 radical (unpaired) electrons. The smallest absolute Gasteiger partial charge is 0.0593 e. The third-order valence-electron chi connectivity index (χ3n) is 3.36. The molecule has 2 N–H and O–H groups in total. The molecule has 1 aliphatic carbocycles. The van der Waals surface area contributed by atoms with Gasteiger partial charge in [-0.05, 0) is 18.8 Å². The Morgan fingerprint density at radius 3 is 3.15 bits per heavy atom. The molecule has 1 saturated carbocycles. The molecule has 1 heterocycles. The highest BCUT2D eigenvalue weighted by molar-refractivity contribution is 4.87. The van der Waals surface area contributed by atoms with Crippen LogP contribution in [0.3, 0.4) is 0 Å². The summed E-state index contributed by atoms with van der Waals surface area (Å²) in [5, 5.41) is 0. The van der Waals surface area contributed by atoms with E-state index in [9.17, 15) is 0 Å². The van der Waals surface area contributed by atoms with E-state index in [1.807, 2.05) is 0 Å². The number of nitrogens with zero attached hydrogens (tertiary/aromatic N) is 1. The van der Waals surface area contributed by atoms with Gasteiger partial charge < -0.3 is 10.5 Å². The van der Waals surface area contributed by atoms with Gasteiger partial charge in [0.2, 0.25) is 0 Å². The van der Waals surface area contributed by atoms with Crippen molar-refractivity contribution >= 4 is 0 Å². The van der Waals surface area contributed by atoms with Crippen molar-refractivity contribution in [2.24, 2.45) is 11.7 Å². The second-order valence-electron chi connectivity index (χ2n) is 4.16. The molecule has 2 rings (SSSR count). The standard InChI is InChI=1S/C10H20N2O/c11-4-5-12-6-7-13-8-9-2-1-3-10(9)12/h9-10H,1-8,11H2/t9-,10-/m1/s1. The molecule has 0 spiro atoms. The van der Waals surface area contributed by atoms with Crippen molar-refractivity contribution in [2.75, 3.05) is 32.8 Å². The van der Waals surface area contributed by atoms with Crippen LogP contribution in [-0.2, 0) is 4.74 Å². The van der Waals surface area contributed by atoms with Gasteiger partial charge in [-0.3, -0.25) is 4.90 Å². The van der Waals surface area contributed by atoms with E-state index in [1.54, 1.807) is 0 Å². The van der Waals surface area contributed by atoms with Gasteiger partial charge in [0.15, 0.2) is 0 Å². The lowest BCUT2D eigenvalue weighted by Crippen LogP contribution is -2.41. The Kier molecular flexibility index (Phi) is 3.19. The minimum Gasteiger partial charge on any atom is -0.380 e. The predicted octanol–water partition coefficient (Wildman–Crippen LogP) is 0.446. The molecule has 3 nitrogen and oxygen atoms in total. The molecule has 0 amide bonds. The van der Waals surface area contributed by atoms with E-state index in [-0.39, 0.29) is 0 Å². The second-order valence-corrected chi connectivity index (χ2v) is 4.16. The zero-order valence-electron chi connectivity index (χ0n) is 8.24. The van der Waals surface area contributed by atoms with Crippen LogP contribution in [0.15, 0.2) is 0 Å². The zero-order valence-corrected chi connectivity index (χ0v) is 8.24. The first-order valence-electron chi connectivity index (χ1n) is 5.43. The van der Waals surface area contributed by atoms with E-state index in [2.05, 4.69) is 4.90 Å². The maximum atomic E-state index is 5.61. The maximum absolute atomic E-state index is 5.61. The molecular weight excluding hydrogens is 164 g/mol. The average Bonchev–Trinajstić information content (AvgIpc) is 2.52. The summed E-state index contributed by atoms with van der Waals surface area (Å²) >= 11 is 0. The van der Waals surface area contributed by atoms with E-state index >= 15 is 0 Å². The lowest BCUT2D eigenvalue weighted by atomic mass is 10.0. The van der Waals surface area contributed by atoms with Crippen molar-refractivity contribution in [1.82, 2.24) is 4.90 Å². The Balaban J connectivity index is 1.98. The lowest BCUT2D eigenvalue weighted by molar-refractivity contribution is 0.120. The lowest BCUT2D eigenvalue weighted by Gasteiger charge is -2.29. The van der Waals surface area contributed by atoms with E-state index in [1.165, 1.54) is 19.3 Å². The summed E-state index contributed by atoms with van der Waals surface area (Å²) in [7, 11) is 0. The van der Waals surface area contributed by atoms with Crippen molar-refractivity contribution in [3.63, 3.8) is 0 Å². The average molecular weight is 184 g/mol. The number of rotatable bonds is 2. The summed E-state index contributed by atoms with van der Waals surface area (Å²) < 4.78 is 5.60. The van der Waals surface area contributed by atoms with Gasteiger partial charge >= 0.3 is 0 Å². The largest absolute Gasteiger partial charge is 0.380 e. The number of hydrogen-bond donors (Lipinski definition) is 1. The highest BCUT2D eigenvalue weighted by atomic mass is 16.5. The topological polar surface area (TPSA) is 38.5 Å². The van der Waals surface area contributed by atoms with Crippen LogP contribution in [-0.4, -0.2) is 43.8 Å². The molecule has 1 saturated heterocycles. The molecule has 0 aromatic rings. The van der Waals surface area contributed by atoms with Crippen LogP contribution in [0.1, 0.15) is 19.3 Å². The Labute approximate surface area is 80.2 Å². The van der Waals surface area contributed by atoms with E-state index in [4.69, 9.17) is 10.5 Å². The molecule has 1 aliphatic heterocycles. The highest BCUT2D eigenvalue weighted by Gasteiger charge is 2.33. The maximum Gasteiger partial charge on any atom is 0.0593 e. The van der Waals surface area contributed by atoms with Gasteiger partial charge in [0.05, 0.1) is 13.2 Å². The zero-order chi connectivity index (χ0) is 9.10. The van der Waals surface area contributed by atoms with Gasteiger partial charge in [-0.15, -0.1) is 0 Å². The molecule has 2 atom stereocenters. The molecule has 2 fully saturated rings. The first-order valence-corrected chi connectivity index (χ1v) is 5.43. The minimum atomic E-state index is 0.769. The summed E-state index contributed by atoms with van der Waals surface area (Å²) in [5.74, 6) is 0.786. The van der Waals surface area contributed by atoms with Crippen LogP contribution in [0.25, 0.3) is 0 Å². The van der Waals surface area contributed by atoms with Crippen molar-refractivity contribution < 1.29 is 4.74 Å². The van der Waals surface area contributed by atoms with Crippen molar-refractivity contribution in [2.45, 2.75) is 25.3 Å². The molecule has 13 heavy (non-hydrogen) atoms. The SMILES string of the molecule is NCCN1CCOC[C@H]2CCC[C@H]21. The minimum absolute atomic E-state index is 0.769. The normalized spacial score (nSPS) is 35.8. The van der Waals surface area contributed by atoms with Crippen molar-refractivity contribution in [3.05, 3.63) is 0 Å². The van der Waals surface area contributed by atoms with Crippen LogP contribution in [0.5, 0.6) is 0 Å². The summed E-state index contributed by atoms with van der Waals surface area (Å²) in [6.45, 7) is 4.78. The number of ether oxygens (including phenoxy) is 1. The van der Waals surface area contributed by atoms with Crippen molar-refractivity contribution in [3.8, 4) is 0 Å². The molecule has 76 valence electrons. The van der Waals surface area contributed by atoms with Crippen LogP contribution >= 0.6 is 0 Å². The first kappa shape index (κ1) is 9.44. The van der Waals surface area contributed by atoms with Gasteiger partial charge in [0.1, 0.15) is 0 Å². The fourth-order valence-corrected chi connectivity index (χ4v) is 2.72. The van der Waals surface area contributed by atoms with Crippen LogP contribution in [0, 0.1) is 5.92 Å². The monoisotopic (exact) mass is 184 g/mol. The van der Waals surface area contributed by atoms with Crippen LogP contribution in [0.4, 0.5) is 0 Å².